The Bertz CT molecular complexity index is 1360. The summed E-state index contributed by atoms with van der Waals surface area (Å²) in [5.74, 6) is 1.37. The molecule has 0 aliphatic carbocycles. The normalized spacial score (nSPS) is 16.1. The molecule has 1 aromatic heterocycles. The van der Waals surface area contributed by atoms with E-state index in [0.717, 1.165) is 12.8 Å². The van der Waals surface area contributed by atoms with Gasteiger partial charge in [-0.3, -0.25) is 10.1 Å². The van der Waals surface area contributed by atoms with Crippen molar-refractivity contribution in [2.24, 2.45) is 5.92 Å². The fourth-order valence-electron chi connectivity index (χ4n) is 4.36. The van der Waals surface area contributed by atoms with Crippen LogP contribution >= 0.6 is 0 Å². The Kier molecular flexibility index (Phi) is 9.08. The van der Waals surface area contributed by atoms with Crippen LogP contribution in [0.15, 0.2) is 45.7 Å². The predicted molar refractivity (Wildman–Crippen MR) is 145 cm³/mol. The van der Waals surface area contributed by atoms with E-state index in [9.17, 15) is 13.2 Å². The summed E-state index contributed by atoms with van der Waals surface area (Å²) in [7, 11) is -3.61. The van der Waals surface area contributed by atoms with Crippen LogP contribution in [0.4, 0.5) is 6.01 Å². The Labute approximate surface area is 228 Å². The number of nitrogens with one attached hydrogen (secondary N) is 1. The molecule has 210 valence electrons. The highest BCUT2D eigenvalue weighted by molar-refractivity contribution is 7.89. The van der Waals surface area contributed by atoms with E-state index in [1.165, 1.54) is 28.6 Å². The Morgan fingerprint density at radius 3 is 2.26 bits per heavy atom. The SMILES string of the molecule is CCOc1cc(-c2nnc(NC(=O)c3ccc(S(=O)(=O)N4CCC[C@@H](C)C4)cc3)o2)cc(OCC)c1OCC. The lowest BCUT2D eigenvalue weighted by Crippen LogP contribution is -2.39. The molecule has 4 rings (SSSR count). The number of ether oxygens (including phenoxy) is 3. The topological polar surface area (TPSA) is 133 Å². The molecule has 1 saturated heterocycles. The fraction of sp³-hybridized carbons (Fsp3) is 0.444. The van der Waals surface area contributed by atoms with Crippen molar-refractivity contribution < 1.29 is 31.8 Å². The van der Waals surface area contributed by atoms with Crippen LogP contribution in [-0.4, -0.2) is 61.7 Å². The van der Waals surface area contributed by atoms with Gasteiger partial charge >= 0.3 is 6.01 Å². The summed E-state index contributed by atoms with van der Waals surface area (Å²) >= 11 is 0. The average Bonchev–Trinajstić information content (AvgIpc) is 3.39. The maximum Gasteiger partial charge on any atom is 0.322 e. The molecule has 39 heavy (non-hydrogen) atoms. The summed E-state index contributed by atoms with van der Waals surface area (Å²) in [6, 6.07) is 9.10. The zero-order valence-corrected chi connectivity index (χ0v) is 23.4. The minimum absolute atomic E-state index is 0.112. The Hall–Kier alpha value is -3.64. The molecular formula is C27H34N4O7S. The summed E-state index contributed by atoms with van der Waals surface area (Å²) in [6.45, 7) is 9.89. The van der Waals surface area contributed by atoms with Gasteiger partial charge in [0.2, 0.25) is 21.7 Å². The van der Waals surface area contributed by atoms with Gasteiger partial charge in [-0.15, -0.1) is 5.10 Å². The molecule has 0 saturated carbocycles. The van der Waals surface area contributed by atoms with Crippen LogP contribution < -0.4 is 19.5 Å². The van der Waals surface area contributed by atoms with Crippen molar-refractivity contribution in [3.05, 3.63) is 42.0 Å². The van der Waals surface area contributed by atoms with Crippen LogP contribution in [0.1, 0.15) is 50.9 Å². The highest BCUT2D eigenvalue weighted by atomic mass is 32.2. The van der Waals surface area contributed by atoms with Crippen molar-refractivity contribution in [1.82, 2.24) is 14.5 Å². The van der Waals surface area contributed by atoms with Crippen molar-refractivity contribution in [3.63, 3.8) is 0 Å². The molecule has 0 radical (unpaired) electrons. The third-order valence-corrected chi connectivity index (χ3v) is 8.05. The van der Waals surface area contributed by atoms with Crippen LogP contribution in [-0.2, 0) is 10.0 Å². The molecule has 0 unspecified atom stereocenters. The maximum atomic E-state index is 13.0. The second kappa shape index (κ2) is 12.5. The summed E-state index contributed by atoms with van der Waals surface area (Å²) in [6.07, 6.45) is 1.85. The second-order valence-corrected chi connectivity index (χ2v) is 11.0. The Balaban J connectivity index is 1.50. The van der Waals surface area contributed by atoms with Gasteiger partial charge in [0, 0.05) is 24.2 Å². The monoisotopic (exact) mass is 558 g/mol. The van der Waals surface area contributed by atoms with E-state index in [2.05, 4.69) is 15.5 Å². The van der Waals surface area contributed by atoms with Crippen molar-refractivity contribution >= 4 is 21.9 Å². The number of carbonyl (C=O) groups is 1. The number of piperidine rings is 1. The second-order valence-electron chi connectivity index (χ2n) is 9.10. The lowest BCUT2D eigenvalue weighted by Gasteiger charge is -2.30. The number of rotatable bonds is 11. The zero-order valence-electron chi connectivity index (χ0n) is 22.6. The first-order valence-corrected chi connectivity index (χ1v) is 14.5. The van der Waals surface area contributed by atoms with Crippen LogP contribution in [0, 0.1) is 5.92 Å². The molecule has 3 aromatic rings. The van der Waals surface area contributed by atoms with E-state index < -0.39 is 15.9 Å². The first-order chi connectivity index (χ1) is 18.8. The molecule has 0 bridgehead atoms. The van der Waals surface area contributed by atoms with Gasteiger partial charge in [-0.05, 0) is 75.9 Å². The largest absolute Gasteiger partial charge is 0.490 e. The summed E-state index contributed by atoms with van der Waals surface area (Å²) < 4.78 is 50.4. The highest BCUT2D eigenvalue weighted by Crippen LogP contribution is 2.42. The van der Waals surface area contributed by atoms with E-state index >= 15 is 0 Å². The number of hydrogen-bond acceptors (Lipinski definition) is 9. The maximum absolute atomic E-state index is 13.0. The smallest absolute Gasteiger partial charge is 0.322 e. The van der Waals surface area contributed by atoms with Crippen molar-refractivity contribution in [1.29, 1.82) is 0 Å². The standard InChI is InChI=1S/C27H34N4O7S/c1-5-35-22-15-20(16-23(36-6-2)24(22)37-7-3)26-29-30-27(38-26)28-25(32)19-10-12-21(13-11-19)39(33,34)31-14-8-9-18(4)17-31/h10-13,15-16,18H,5-9,14,17H2,1-4H3,(H,28,30,32)/t18-/m1/s1. The number of carbonyl (C=O) groups excluding carboxylic acids is 1. The van der Waals surface area contributed by atoms with Gasteiger partial charge in [0.15, 0.2) is 11.5 Å². The summed E-state index contributed by atoms with van der Waals surface area (Å²) in [5.41, 5.74) is 0.777. The molecule has 11 nitrogen and oxygen atoms in total. The molecule has 1 amide bonds. The number of amides is 1. The molecule has 1 aliphatic heterocycles. The number of aromatic nitrogens is 2. The Morgan fingerprint density at radius 1 is 1.03 bits per heavy atom. The zero-order chi connectivity index (χ0) is 28.0. The van der Waals surface area contributed by atoms with Crippen molar-refractivity contribution in [2.45, 2.75) is 45.4 Å². The lowest BCUT2D eigenvalue weighted by molar-refractivity contribution is 0.102. The first-order valence-electron chi connectivity index (χ1n) is 13.1. The molecule has 1 N–H and O–H groups in total. The van der Waals surface area contributed by atoms with Gasteiger partial charge in [-0.1, -0.05) is 12.0 Å². The lowest BCUT2D eigenvalue weighted by atomic mass is 10.0. The molecule has 0 spiro atoms. The van der Waals surface area contributed by atoms with Crippen LogP contribution in [0.25, 0.3) is 11.5 Å². The quantitative estimate of drug-likeness (QED) is 0.358. The van der Waals surface area contributed by atoms with Crippen LogP contribution in [0.2, 0.25) is 0 Å². The fourth-order valence-corrected chi connectivity index (χ4v) is 5.96. The van der Waals surface area contributed by atoms with Crippen LogP contribution in [0.3, 0.4) is 0 Å². The number of nitrogens with zero attached hydrogens (tertiary/aromatic N) is 3. The van der Waals surface area contributed by atoms with E-state index in [0.29, 0.717) is 61.6 Å². The van der Waals surface area contributed by atoms with Gasteiger partial charge < -0.3 is 18.6 Å². The van der Waals surface area contributed by atoms with Crippen molar-refractivity contribution in [3.8, 4) is 28.7 Å². The first kappa shape index (κ1) is 28.4. The predicted octanol–water partition coefficient (Wildman–Crippen LogP) is 4.61. The third-order valence-electron chi connectivity index (χ3n) is 6.18. The molecule has 1 aliphatic rings. The number of anilines is 1. The van der Waals surface area contributed by atoms with E-state index in [-0.39, 0.29) is 22.4 Å². The molecule has 12 heteroatoms. The summed E-state index contributed by atoms with van der Waals surface area (Å²) in [5, 5.41) is 10.5. The van der Waals surface area contributed by atoms with Gasteiger partial charge in [0.05, 0.1) is 24.7 Å². The Morgan fingerprint density at radius 2 is 1.67 bits per heavy atom. The molecule has 1 atom stereocenters. The van der Waals surface area contributed by atoms with Crippen molar-refractivity contribution in [2.75, 3.05) is 38.2 Å². The molecule has 2 aromatic carbocycles. The van der Waals surface area contributed by atoms with Crippen LogP contribution in [0.5, 0.6) is 17.2 Å². The number of hydrogen-bond donors (Lipinski definition) is 1. The minimum Gasteiger partial charge on any atom is -0.490 e. The average molecular weight is 559 g/mol. The molecule has 1 fully saturated rings. The van der Waals surface area contributed by atoms with E-state index in [1.807, 2.05) is 27.7 Å². The number of sulfonamides is 1. The molecule has 2 heterocycles. The van der Waals surface area contributed by atoms with Gasteiger partial charge in [-0.25, -0.2) is 8.42 Å². The van der Waals surface area contributed by atoms with Gasteiger partial charge in [-0.2, -0.15) is 4.31 Å². The highest BCUT2D eigenvalue weighted by Gasteiger charge is 2.29. The third kappa shape index (κ3) is 6.51. The van der Waals surface area contributed by atoms with E-state index in [1.54, 1.807) is 12.1 Å². The summed E-state index contributed by atoms with van der Waals surface area (Å²) in [4.78, 5) is 13.0. The number of benzene rings is 2. The van der Waals surface area contributed by atoms with E-state index in [4.69, 9.17) is 18.6 Å². The molecular weight excluding hydrogens is 524 g/mol. The van der Waals surface area contributed by atoms with Gasteiger partial charge in [0.1, 0.15) is 0 Å². The van der Waals surface area contributed by atoms with Gasteiger partial charge in [0.25, 0.3) is 5.91 Å². The minimum atomic E-state index is -3.61.